The fourth-order valence-electron chi connectivity index (χ4n) is 2.92. The Morgan fingerprint density at radius 1 is 1.26 bits per heavy atom. The molecule has 1 aromatic rings. The summed E-state index contributed by atoms with van der Waals surface area (Å²) in [6.45, 7) is 7.44. The fourth-order valence-corrected chi connectivity index (χ4v) is 3.64. The first-order valence-corrected chi connectivity index (χ1v) is 8.48. The second kappa shape index (κ2) is 6.30. The Hall–Kier alpha value is -0.500. The van der Waals surface area contributed by atoms with Crippen LogP contribution < -0.4 is 4.74 Å². The van der Waals surface area contributed by atoms with Gasteiger partial charge in [0.2, 0.25) is 0 Å². The normalized spacial score (nSPS) is 17.9. The number of alkyl halides is 1. The summed E-state index contributed by atoms with van der Waals surface area (Å²) in [5.74, 6) is 1.60. The highest BCUT2D eigenvalue weighted by molar-refractivity contribution is 9.09. The van der Waals surface area contributed by atoms with Crippen LogP contribution in [0.25, 0.3) is 0 Å². The van der Waals surface area contributed by atoms with E-state index in [2.05, 4.69) is 54.9 Å². The highest BCUT2D eigenvalue weighted by Gasteiger charge is 2.33. The zero-order valence-corrected chi connectivity index (χ0v) is 13.9. The Bertz CT molecular complexity index is 419. The summed E-state index contributed by atoms with van der Waals surface area (Å²) >= 11 is 3.69. The number of halogens is 1. The zero-order valence-electron chi connectivity index (χ0n) is 12.3. The van der Waals surface area contributed by atoms with E-state index >= 15 is 0 Å². The Labute approximate surface area is 125 Å². The molecule has 19 heavy (non-hydrogen) atoms. The third-order valence-electron chi connectivity index (χ3n) is 4.27. The molecule has 1 saturated carbocycles. The van der Waals surface area contributed by atoms with Crippen LogP contribution in [0.2, 0.25) is 0 Å². The molecule has 0 saturated heterocycles. The van der Waals surface area contributed by atoms with Crippen molar-refractivity contribution < 1.29 is 4.74 Å². The fraction of sp³-hybridized carbons (Fsp3) is 0.647. The molecular formula is C17H25BrO. The lowest BCUT2D eigenvalue weighted by atomic mass is 9.90. The van der Waals surface area contributed by atoms with Gasteiger partial charge in [-0.3, -0.25) is 0 Å². The molecule has 0 aliphatic heterocycles. The molecule has 1 aliphatic carbocycles. The lowest BCUT2D eigenvalue weighted by Crippen LogP contribution is -2.27. The van der Waals surface area contributed by atoms with E-state index in [0.29, 0.717) is 11.3 Å². The predicted molar refractivity (Wildman–Crippen MR) is 85.5 cm³/mol. The first-order chi connectivity index (χ1) is 9.06. The van der Waals surface area contributed by atoms with Crippen LogP contribution in [0, 0.1) is 12.3 Å². The second-order valence-electron chi connectivity index (χ2n) is 6.33. The van der Waals surface area contributed by atoms with Gasteiger partial charge in [-0.25, -0.2) is 0 Å². The topological polar surface area (TPSA) is 9.23 Å². The van der Waals surface area contributed by atoms with E-state index in [1.165, 1.54) is 36.8 Å². The predicted octanol–water partition coefficient (Wildman–Crippen LogP) is 5.45. The third-order valence-corrected chi connectivity index (χ3v) is 5.46. The van der Waals surface area contributed by atoms with Gasteiger partial charge in [-0.2, -0.15) is 0 Å². The summed E-state index contributed by atoms with van der Waals surface area (Å²) in [5.41, 5.74) is 2.96. The SMILES string of the molecule is Cc1ccc(C(C)C)c(OCC2(CBr)CCCC2)c1. The van der Waals surface area contributed by atoms with Crippen LogP contribution in [-0.2, 0) is 0 Å². The van der Waals surface area contributed by atoms with Gasteiger partial charge >= 0.3 is 0 Å². The summed E-state index contributed by atoms with van der Waals surface area (Å²) < 4.78 is 6.23. The van der Waals surface area contributed by atoms with Crippen LogP contribution >= 0.6 is 15.9 Å². The van der Waals surface area contributed by atoms with Crippen LogP contribution in [0.4, 0.5) is 0 Å². The zero-order chi connectivity index (χ0) is 13.9. The minimum absolute atomic E-state index is 0.359. The van der Waals surface area contributed by atoms with E-state index in [9.17, 15) is 0 Å². The summed E-state index contributed by atoms with van der Waals surface area (Å²) in [6.07, 6.45) is 5.28. The van der Waals surface area contributed by atoms with Gasteiger partial charge in [0.05, 0.1) is 6.61 Å². The third kappa shape index (κ3) is 3.53. The summed E-state index contributed by atoms with van der Waals surface area (Å²) in [6, 6.07) is 6.58. The average Bonchev–Trinajstić information content (AvgIpc) is 2.85. The molecule has 0 spiro atoms. The van der Waals surface area contributed by atoms with Crippen molar-refractivity contribution in [2.45, 2.75) is 52.4 Å². The number of aryl methyl sites for hydroxylation is 1. The van der Waals surface area contributed by atoms with Crippen LogP contribution in [0.3, 0.4) is 0 Å². The molecule has 0 N–H and O–H groups in total. The number of benzene rings is 1. The molecular weight excluding hydrogens is 300 g/mol. The van der Waals surface area contributed by atoms with Gasteiger partial charge in [0, 0.05) is 10.7 Å². The van der Waals surface area contributed by atoms with Crippen LogP contribution in [0.5, 0.6) is 5.75 Å². The maximum absolute atomic E-state index is 6.23. The van der Waals surface area contributed by atoms with Crippen molar-refractivity contribution in [2.75, 3.05) is 11.9 Å². The summed E-state index contributed by atoms with van der Waals surface area (Å²) in [7, 11) is 0. The molecule has 0 amide bonds. The van der Waals surface area contributed by atoms with Crippen LogP contribution in [-0.4, -0.2) is 11.9 Å². The standard InChI is InChI=1S/C17H25BrO/c1-13(2)15-7-6-14(3)10-16(15)19-12-17(11-18)8-4-5-9-17/h6-7,10,13H,4-5,8-9,11-12H2,1-3H3. The quantitative estimate of drug-likeness (QED) is 0.654. The molecule has 0 unspecified atom stereocenters. The van der Waals surface area contributed by atoms with Crippen molar-refractivity contribution in [2.24, 2.45) is 5.41 Å². The maximum Gasteiger partial charge on any atom is 0.123 e. The second-order valence-corrected chi connectivity index (χ2v) is 6.89. The van der Waals surface area contributed by atoms with Gasteiger partial charge in [-0.1, -0.05) is 54.8 Å². The van der Waals surface area contributed by atoms with E-state index < -0.39 is 0 Å². The molecule has 1 aliphatic rings. The van der Waals surface area contributed by atoms with Gasteiger partial charge in [-0.15, -0.1) is 0 Å². The first-order valence-electron chi connectivity index (χ1n) is 7.36. The minimum Gasteiger partial charge on any atom is -0.493 e. The van der Waals surface area contributed by atoms with Crippen molar-refractivity contribution in [1.29, 1.82) is 0 Å². The number of ether oxygens (including phenoxy) is 1. The number of hydrogen-bond acceptors (Lipinski definition) is 1. The Kier molecular flexibility index (Phi) is 4.94. The van der Waals surface area contributed by atoms with Crippen LogP contribution in [0.15, 0.2) is 18.2 Å². The van der Waals surface area contributed by atoms with E-state index in [-0.39, 0.29) is 0 Å². The van der Waals surface area contributed by atoms with Gasteiger partial charge < -0.3 is 4.74 Å². The van der Waals surface area contributed by atoms with E-state index in [1.54, 1.807) is 0 Å². The Balaban J connectivity index is 2.12. The molecule has 0 heterocycles. The van der Waals surface area contributed by atoms with Gasteiger partial charge in [0.25, 0.3) is 0 Å². The number of rotatable bonds is 5. The Morgan fingerprint density at radius 3 is 2.53 bits per heavy atom. The molecule has 2 heteroatoms. The summed E-state index contributed by atoms with van der Waals surface area (Å²) in [4.78, 5) is 0. The monoisotopic (exact) mass is 324 g/mol. The van der Waals surface area contributed by atoms with Crippen molar-refractivity contribution >= 4 is 15.9 Å². The summed E-state index contributed by atoms with van der Waals surface area (Å²) in [5, 5.41) is 1.06. The molecule has 0 aromatic heterocycles. The molecule has 106 valence electrons. The minimum atomic E-state index is 0.359. The number of hydrogen-bond donors (Lipinski definition) is 0. The molecule has 1 aromatic carbocycles. The molecule has 2 rings (SSSR count). The van der Waals surface area contributed by atoms with E-state index in [4.69, 9.17) is 4.74 Å². The van der Waals surface area contributed by atoms with Crippen molar-refractivity contribution in [3.05, 3.63) is 29.3 Å². The molecule has 1 nitrogen and oxygen atoms in total. The first kappa shape index (κ1) is 14.9. The Morgan fingerprint density at radius 2 is 1.95 bits per heavy atom. The van der Waals surface area contributed by atoms with Crippen LogP contribution in [0.1, 0.15) is 56.6 Å². The molecule has 0 atom stereocenters. The largest absolute Gasteiger partial charge is 0.493 e. The van der Waals surface area contributed by atoms with Gasteiger partial charge in [0.1, 0.15) is 5.75 Å². The lowest BCUT2D eigenvalue weighted by molar-refractivity contribution is 0.172. The van der Waals surface area contributed by atoms with Gasteiger partial charge in [-0.05, 0) is 42.9 Å². The van der Waals surface area contributed by atoms with Crippen molar-refractivity contribution in [3.8, 4) is 5.75 Å². The average molecular weight is 325 g/mol. The maximum atomic E-state index is 6.23. The highest BCUT2D eigenvalue weighted by Crippen LogP contribution is 2.40. The van der Waals surface area contributed by atoms with E-state index in [0.717, 1.165) is 17.7 Å². The smallest absolute Gasteiger partial charge is 0.123 e. The van der Waals surface area contributed by atoms with Crippen molar-refractivity contribution in [1.82, 2.24) is 0 Å². The molecule has 0 radical (unpaired) electrons. The highest BCUT2D eigenvalue weighted by atomic mass is 79.9. The van der Waals surface area contributed by atoms with Crippen molar-refractivity contribution in [3.63, 3.8) is 0 Å². The van der Waals surface area contributed by atoms with E-state index in [1.807, 2.05) is 0 Å². The van der Waals surface area contributed by atoms with Gasteiger partial charge in [0.15, 0.2) is 0 Å². The molecule has 0 bridgehead atoms. The lowest BCUT2D eigenvalue weighted by Gasteiger charge is -2.27. The molecule has 1 fully saturated rings.